The molecule has 40 heavy (non-hydrogen) atoms. The topological polar surface area (TPSA) is 115 Å². The standard InChI is InChI=1S/C30H34ClFN8/c1-8-9-21(13-33)19(3)20(4)27(26-16-40(39-38-26)18(2)12-32)37-23-10-24-28(36-17-30(5,6)7)22(14-34)15-35-29(24)25(31)11-23/h8-11,15-16,18,27,37H,4,12,17H2,1-3,5-7H3,(H,35,36)/b9-8-,21-19+/t18-,27-/m0/s1. The van der Waals surface area contributed by atoms with Gasteiger partial charge in [0, 0.05) is 23.8 Å². The van der Waals surface area contributed by atoms with E-state index in [4.69, 9.17) is 11.6 Å². The van der Waals surface area contributed by atoms with Crippen LogP contribution in [0, 0.1) is 28.1 Å². The minimum absolute atomic E-state index is 0.0391. The molecule has 3 aromatic rings. The average molecular weight is 561 g/mol. The summed E-state index contributed by atoms with van der Waals surface area (Å²) in [5, 5.41) is 35.8. The lowest BCUT2D eigenvalue weighted by Crippen LogP contribution is -2.20. The normalized spacial score (nSPS) is 13.8. The van der Waals surface area contributed by atoms with Gasteiger partial charge in [-0.3, -0.25) is 4.98 Å². The molecule has 0 saturated carbocycles. The number of rotatable bonds is 10. The molecule has 0 fully saturated rings. The Balaban J connectivity index is 2.17. The van der Waals surface area contributed by atoms with E-state index in [1.807, 2.05) is 19.9 Å². The number of nitrogens with zero attached hydrogens (tertiary/aromatic N) is 6. The van der Waals surface area contributed by atoms with Crippen molar-refractivity contribution in [3.8, 4) is 12.1 Å². The third-order valence-corrected chi connectivity index (χ3v) is 6.63. The number of fused-ring (bicyclic) bond motifs is 1. The van der Waals surface area contributed by atoms with E-state index in [9.17, 15) is 14.9 Å². The van der Waals surface area contributed by atoms with Gasteiger partial charge in [0.05, 0.1) is 51.7 Å². The molecule has 1 aromatic carbocycles. The largest absolute Gasteiger partial charge is 0.383 e. The molecule has 0 radical (unpaired) electrons. The van der Waals surface area contributed by atoms with Crippen LogP contribution >= 0.6 is 11.6 Å². The Morgan fingerprint density at radius 1 is 1.30 bits per heavy atom. The van der Waals surface area contributed by atoms with Crippen LogP contribution in [-0.2, 0) is 0 Å². The maximum Gasteiger partial charge on any atom is 0.112 e. The SMILES string of the molecule is C=C(/C(C)=C(C#N)\C=C/C)[C@H](Nc1cc(Cl)c2ncc(C#N)c(NCC(C)(C)C)c2c1)c1cn([C@@H](C)CF)nn1. The van der Waals surface area contributed by atoms with Crippen LogP contribution in [0.5, 0.6) is 0 Å². The molecule has 0 bridgehead atoms. The van der Waals surface area contributed by atoms with E-state index < -0.39 is 18.8 Å². The number of nitrogens with one attached hydrogen (secondary N) is 2. The van der Waals surface area contributed by atoms with Gasteiger partial charge >= 0.3 is 0 Å². The summed E-state index contributed by atoms with van der Waals surface area (Å²) >= 11 is 6.70. The number of allylic oxidation sites excluding steroid dienone is 3. The number of anilines is 2. The van der Waals surface area contributed by atoms with E-state index in [-0.39, 0.29) is 5.41 Å². The fourth-order valence-corrected chi connectivity index (χ4v) is 4.26. The summed E-state index contributed by atoms with van der Waals surface area (Å²) in [7, 11) is 0. The molecule has 2 heterocycles. The second-order valence-corrected chi connectivity index (χ2v) is 11.2. The summed E-state index contributed by atoms with van der Waals surface area (Å²) in [6.45, 7) is 16.0. The van der Waals surface area contributed by atoms with Crippen molar-refractivity contribution in [1.82, 2.24) is 20.0 Å². The molecule has 10 heteroatoms. The van der Waals surface area contributed by atoms with Crippen LogP contribution < -0.4 is 10.6 Å². The minimum atomic E-state index is -0.624. The number of nitriles is 2. The molecule has 0 aliphatic heterocycles. The van der Waals surface area contributed by atoms with Crippen molar-refractivity contribution in [3.63, 3.8) is 0 Å². The molecule has 2 aromatic heterocycles. The molecular formula is C30H34ClFN8. The highest BCUT2D eigenvalue weighted by molar-refractivity contribution is 6.35. The van der Waals surface area contributed by atoms with Crippen molar-refractivity contribution in [3.05, 3.63) is 76.3 Å². The van der Waals surface area contributed by atoms with E-state index in [2.05, 4.69) is 65.4 Å². The summed E-state index contributed by atoms with van der Waals surface area (Å²) in [5.41, 5.74) is 4.37. The highest BCUT2D eigenvalue weighted by atomic mass is 35.5. The first-order valence-corrected chi connectivity index (χ1v) is 13.2. The van der Waals surface area contributed by atoms with Gasteiger partial charge in [0.25, 0.3) is 0 Å². The fourth-order valence-electron chi connectivity index (χ4n) is 3.99. The Bertz CT molecular complexity index is 1550. The zero-order chi connectivity index (χ0) is 29.6. The maximum atomic E-state index is 13.4. The number of benzene rings is 1. The van der Waals surface area contributed by atoms with E-state index in [0.717, 1.165) is 0 Å². The molecule has 0 aliphatic carbocycles. The van der Waals surface area contributed by atoms with Crippen LogP contribution in [0.25, 0.3) is 10.9 Å². The zero-order valence-corrected chi connectivity index (χ0v) is 24.4. The van der Waals surface area contributed by atoms with Gasteiger partial charge < -0.3 is 10.6 Å². The van der Waals surface area contributed by atoms with Crippen molar-refractivity contribution in [2.45, 2.75) is 53.6 Å². The Morgan fingerprint density at radius 3 is 2.62 bits per heavy atom. The number of alkyl halides is 1. The van der Waals surface area contributed by atoms with Gasteiger partial charge in [-0.15, -0.1) is 5.10 Å². The number of hydrogen-bond donors (Lipinski definition) is 2. The predicted octanol–water partition coefficient (Wildman–Crippen LogP) is 7.47. The molecule has 0 aliphatic rings. The first-order valence-electron chi connectivity index (χ1n) is 12.9. The molecule has 3 rings (SSSR count). The van der Waals surface area contributed by atoms with Crippen molar-refractivity contribution in [2.24, 2.45) is 5.41 Å². The first-order chi connectivity index (χ1) is 18.9. The maximum absolute atomic E-state index is 13.4. The van der Waals surface area contributed by atoms with Crippen molar-refractivity contribution in [1.29, 1.82) is 10.5 Å². The summed E-state index contributed by atoms with van der Waals surface area (Å²) in [5.74, 6) is 0. The van der Waals surface area contributed by atoms with Gasteiger partial charge in [0.2, 0.25) is 0 Å². The Hall–Kier alpha value is -4.21. The molecule has 2 atom stereocenters. The number of hydrogen-bond acceptors (Lipinski definition) is 7. The number of pyridine rings is 1. The molecule has 8 nitrogen and oxygen atoms in total. The van der Waals surface area contributed by atoms with Crippen LogP contribution in [0.3, 0.4) is 0 Å². The Labute approximate surface area is 239 Å². The van der Waals surface area contributed by atoms with Gasteiger partial charge in [0.15, 0.2) is 0 Å². The van der Waals surface area contributed by atoms with Crippen LogP contribution in [-0.4, -0.2) is 33.2 Å². The van der Waals surface area contributed by atoms with Gasteiger partial charge in [-0.25, -0.2) is 9.07 Å². The van der Waals surface area contributed by atoms with Crippen LogP contribution in [0.15, 0.2) is 60.0 Å². The highest BCUT2D eigenvalue weighted by Gasteiger charge is 2.24. The van der Waals surface area contributed by atoms with Crippen molar-refractivity contribution in [2.75, 3.05) is 23.9 Å². The first kappa shape index (κ1) is 30.3. The molecule has 0 spiro atoms. The lowest BCUT2D eigenvalue weighted by molar-refractivity contribution is 0.351. The van der Waals surface area contributed by atoms with E-state index in [1.54, 1.807) is 31.3 Å². The van der Waals surface area contributed by atoms with E-state index in [1.165, 1.54) is 10.9 Å². The Kier molecular flexibility index (Phi) is 9.68. The van der Waals surface area contributed by atoms with E-state index in [0.29, 0.717) is 61.8 Å². The fraction of sp³-hybridized carbons (Fsp3) is 0.367. The van der Waals surface area contributed by atoms with Gasteiger partial charge in [0.1, 0.15) is 18.4 Å². The van der Waals surface area contributed by atoms with Crippen molar-refractivity contribution >= 4 is 33.9 Å². The molecule has 208 valence electrons. The smallest absolute Gasteiger partial charge is 0.112 e. The second kappa shape index (κ2) is 12.8. The third kappa shape index (κ3) is 6.86. The van der Waals surface area contributed by atoms with Crippen molar-refractivity contribution < 1.29 is 4.39 Å². The predicted molar refractivity (Wildman–Crippen MR) is 159 cm³/mol. The van der Waals surface area contributed by atoms with Crippen LogP contribution in [0.4, 0.5) is 15.8 Å². The van der Waals surface area contributed by atoms with Gasteiger partial charge in [-0.1, -0.05) is 50.2 Å². The quantitative estimate of drug-likeness (QED) is 0.195. The molecule has 0 saturated heterocycles. The summed E-state index contributed by atoms with van der Waals surface area (Å²) in [4.78, 5) is 4.43. The summed E-state index contributed by atoms with van der Waals surface area (Å²) in [6, 6.07) is 6.91. The second-order valence-electron chi connectivity index (χ2n) is 10.8. The van der Waals surface area contributed by atoms with Crippen LogP contribution in [0.1, 0.15) is 64.9 Å². The molecule has 0 amide bonds. The molecule has 2 N–H and O–H groups in total. The van der Waals surface area contributed by atoms with Crippen LogP contribution in [0.2, 0.25) is 5.02 Å². The average Bonchev–Trinajstić information content (AvgIpc) is 3.41. The van der Waals surface area contributed by atoms with Gasteiger partial charge in [-0.2, -0.15) is 10.5 Å². The zero-order valence-electron chi connectivity index (χ0n) is 23.7. The number of halogens is 2. The van der Waals surface area contributed by atoms with E-state index >= 15 is 0 Å². The summed E-state index contributed by atoms with van der Waals surface area (Å²) in [6.07, 6.45) is 6.68. The molecular weight excluding hydrogens is 527 g/mol. The summed E-state index contributed by atoms with van der Waals surface area (Å²) < 4.78 is 14.8. The lowest BCUT2D eigenvalue weighted by Gasteiger charge is -2.23. The highest BCUT2D eigenvalue weighted by Crippen LogP contribution is 2.37. The minimum Gasteiger partial charge on any atom is -0.383 e. The van der Waals surface area contributed by atoms with Gasteiger partial charge in [-0.05, 0) is 55.5 Å². The lowest BCUT2D eigenvalue weighted by atomic mass is 9.94. The monoisotopic (exact) mass is 560 g/mol. The third-order valence-electron chi connectivity index (χ3n) is 6.34. The molecule has 0 unspecified atom stereocenters. The Morgan fingerprint density at radius 2 is 2.02 bits per heavy atom. The number of aromatic nitrogens is 4.